The highest BCUT2D eigenvalue weighted by Gasteiger charge is 2.20. The highest BCUT2D eigenvalue weighted by Crippen LogP contribution is 2.25. The number of halogens is 1. The summed E-state index contributed by atoms with van der Waals surface area (Å²) in [6, 6.07) is 12.7. The summed E-state index contributed by atoms with van der Waals surface area (Å²) in [6.07, 6.45) is 1.79. The van der Waals surface area contributed by atoms with E-state index in [4.69, 9.17) is 16.3 Å². The zero-order chi connectivity index (χ0) is 24.2. The number of thiophene rings is 2. The van der Waals surface area contributed by atoms with E-state index in [0.717, 1.165) is 37.7 Å². The molecular weight excluding hydrogens is 506 g/mol. The number of pyridine rings is 1. The van der Waals surface area contributed by atoms with Crippen molar-refractivity contribution in [3.8, 4) is 11.3 Å². The first-order valence-electron chi connectivity index (χ1n) is 11.2. The molecule has 0 unspecified atom stereocenters. The quantitative estimate of drug-likeness (QED) is 0.370. The van der Waals surface area contributed by atoms with Gasteiger partial charge in [0.1, 0.15) is 11.5 Å². The van der Waals surface area contributed by atoms with Gasteiger partial charge in [0, 0.05) is 43.3 Å². The van der Waals surface area contributed by atoms with Crippen molar-refractivity contribution >= 4 is 46.0 Å². The summed E-state index contributed by atoms with van der Waals surface area (Å²) in [4.78, 5) is 30.3. The third-order valence-corrected chi connectivity index (χ3v) is 7.85. The first kappa shape index (κ1) is 24.0. The molecule has 0 atom stereocenters. The number of hydrogen-bond acceptors (Lipinski definition) is 8. The molecular formula is C24H24ClN5O3S2. The number of aromatic nitrogens is 3. The second-order valence-electron chi connectivity index (χ2n) is 8.04. The molecule has 0 aliphatic carbocycles. The Morgan fingerprint density at radius 1 is 1.14 bits per heavy atom. The van der Waals surface area contributed by atoms with Crippen molar-refractivity contribution in [3.05, 3.63) is 78.5 Å². The van der Waals surface area contributed by atoms with Crippen molar-refractivity contribution in [3.63, 3.8) is 0 Å². The van der Waals surface area contributed by atoms with Gasteiger partial charge in [0.2, 0.25) is 0 Å². The molecule has 182 valence electrons. The molecule has 0 bridgehead atoms. The topological polar surface area (TPSA) is 81.4 Å². The Hall–Kier alpha value is -2.76. The Morgan fingerprint density at radius 2 is 2.00 bits per heavy atom. The summed E-state index contributed by atoms with van der Waals surface area (Å²) < 4.78 is 9.14. The average Bonchev–Trinajstić information content (AvgIpc) is 3.64. The van der Waals surface area contributed by atoms with Gasteiger partial charge in [-0.2, -0.15) is 9.78 Å². The van der Waals surface area contributed by atoms with Crippen molar-refractivity contribution in [2.24, 2.45) is 0 Å². The number of carbonyl (C=O) groups excluding carboxylic acids is 1. The van der Waals surface area contributed by atoms with E-state index in [2.05, 4.69) is 15.3 Å². The fraction of sp³-hybridized carbons (Fsp3) is 0.292. The number of ether oxygens (including phenoxy) is 1. The fourth-order valence-electron chi connectivity index (χ4n) is 3.90. The van der Waals surface area contributed by atoms with Gasteiger partial charge in [-0.05, 0) is 35.7 Å². The second kappa shape index (κ2) is 10.9. The first-order chi connectivity index (χ1) is 17.1. The van der Waals surface area contributed by atoms with Gasteiger partial charge >= 0.3 is 0 Å². The summed E-state index contributed by atoms with van der Waals surface area (Å²) in [5.74, 6) is 0.271. The van der Waals surface area contributed by atoms with Gasteiger partial charge in [0.25, 0.3) is 11.5 Å². The number of nitrogens with one attached hydrogen (secondary N) is 1. The molecule has 1 aliphatic heterocycles. The largest absolute Gasteiger partial charge is 0.379 e. The van der Waals surface area contributed by atoms with Crippen molar-refractivity contribution < 1.29 is 9.53 Å². The van der Waals surface area contributed by atoms with Crippen LogP contribution in [0.3, 0.4) is 0 Å². The van der Waals surface area contributed by atoms with Crippen LogP contribution >= 0.6 is 34.3 Å². The van der Waals surface area contributed by atoms with Crippen molar-refractivity contribution in [2.75, 3.05) is 38.2 Å². The fourth-order valence-corrected chi connectivity index (χ4v) is 5.58. The van der Waals surface area contributed by atoms with Gasteiger partial charge in [-0.1, -0.05) is 17.7 Å². The Labute approximate surface area is 215 Å². The lowest BCUT2D eigenvalue weighted by Gasteiger charge is -2.26. The molecule has 8 nitrogen and oxygen atoms in total. The number of rotatable bonds is 8. The van der Waals surface area contributed by atoms with E-state index in [-0.39, 0.29) is 11.5 Å². The SMILES string of the molecule is O=C(c1cccs1)n1nc(-c2cccn(CCN3CCOCC3)c2=O)cc1NCc1ccc(Cl)s1. The highest BCUT2D eigenvalue weighted by molar-refractivity contribution is 7.16. The predicted octanol–water partition coefficient (Wildman–Crippen LogP) is 4.12. The van der Waals surface area contributed by atoms with E-state index < -0.39 is 0 Å². The van der Waals surface area contributed by atoms with Crippen molar-refractivity contribution in [2.45, 2.75) is 13.1 Å². The Balaban J connectivity index is 1.42. The normalized spacial score (nSPS) is 14.3. The van der Waals surface area contributed by atoms with Crippen LogP contribution in [0.4, 0.5) is 5.82 Å². The first-order valence-corrected chi connectivity index (χ1v) is 13.3. The molecule has 0 radical (unpaired) electrons. The Morgan fingerprint density at radius 3 is 2.74 bits per heavy atom. The minimum Gasteiger partial charge on any atom is -0.379 e. The van der Waals surface area contributed by atoms with E-state index in [1.807, 2.05) is 29.6 Å². The second-order valence-corrected chi connectivity index (χ2v) is 10.8. The van der Waals surface area contributed by atoms with Crippen LogP contribution in [0.1, 0.15) is 14.5 Å². The number of morpholine rings is 1. The number of anilines is 1. The van der Waals surface area contributed by atoms with Crippen LogP contribution in [-0.2, 0) is 17.8 Å². The lowest BCUT2D eigenvalue weighted by atomic mass is 10.2. The molecule has 1 saturated heterocycles. The van der Waals surface area contributed by atoms with Crippen LogP contribution in [0.2, 0.25) is 4.34 Å². The molecule has 1 aliphatic rings. The molecule has 5 rings (SSSR count). The number of carbonyl (C=O) groups is 1. The van der Waals surface area contributed by atoms with Crippen LogP contribution in [0, 0.1) is 0 Å². The molecule has 0 spiro atoms. The van der Waals surface area contributed by atoms with Crippen LogP contribution in [0.5, 0.6) is 0 Å². The molecule has 11 heteroatoms. The summed E-state index contributed by atoms with van der Waals surface area (Å²) in [5, 5.41) is 9.69. The van der Waals surface area contributed by atoms with Crippen LogP contribution in [0.25, 0.3) is 11.3 Å². The van der Waals surface area contributed by atoms with Gasteiger partial charge < -0.3 is 14.6 Å². The predicted molar refractivity (Wildman–Crippen MR) is 140 cm³/mol. The summed E-state index contributed by atoms with van der Waals surface area (Å²) >= 11 is 8.88. The van der Waals surface area contributed by atoms with Gasteiger partial charge in [-0.15, -0.1) is 22.7 Å². The maximum Gasteiger partial charge on any atom is 0.290 e. The monoisotopic (exact) mass is 529 g/mol. The zero-order valence-electron chi connectivity index (χ0n) is 18.9. The van der Waals surface area contributed by atoms with E-state index in [0.29, 0.717) is 39.4 Å². The zero-order valence-corrected chi connectivity index (χ0v) is 21.2. The number of hydrogen-bond donors (Lipinski definition) is 1. The lowest BCUT2D eigenvalue weighted by molar-refractivity contribution is 0.0363. The maximum absolute atomic E-state index is 13.3. The highest BCUT2D eigenvalue weighted by atomic mass is 35.5. The van der Waals surface area contributed by atoms with Crippen molar-refractivity contribution in [1.29, 1.82) is 0 Å². The maximum atomic E-state index is 13.3. The average molecular weight is 530 g/mol. The van der Waals surface area contributed by atoms with E-state index >= 15 is 0 Å². The molecule has 4 aromatic heterocycles. The van der Waals surface area contributed by atoms with Gasteiger partial charge in [0.15, 0.2) is 0 Å². The Bertz CT molecular complexity index is 1360. The minimum absolute atomic E-state index is 0.134. The van der Waals surface area contributed by atoms with Gasteiger partial charge in [-0.3, -0.25) is 14.5 Å². The third-order valence-electron chi connectivity index (χ3n) is 5.76. The minimum atomic E-state index is -0.249. The summed E-state index contributed by atoms with van der Waals surface area (Å²) in [5.41, 5.74) is 0.771. The van der Waals surface area contributed by atoms with E-state index in [9.17, 15) is 9.59 Å². The molecule has 0 amide bonds. The standard InChI is InChI=1S/C24H24ClN5O3S2/c25-21-6-5-17(35-21)16-26-22-15-19(27-30(22)24(32)20-4-2-14-34-20)18-3-1-7-29(23(18)31)9-8-28-10-12-33-13-11-28/h1-7,14-15,26H,8-13,16H2. The molecule has 0 saturated carbocycles. The van der Waals surface area contributed by atoms with Gasteiger partial charge in [-0.25, -0.2) is 0 Å². The third kappa shape index (κ3) is 5.57. The molecule has 5 heterocycles. The van der Waals surface area contributed by atoms with E-state index in [1.165, 1.54) is 27.4 Å². The molecule has 0 aromatic carbocycles. The number of nitrogens with zero attached hydrogens (tertiary/aromatic N) is 4. The van der Waals surface area contributed by atoms with Gasteiger partial charge in [0.05, 0.1) is 34.5 Å². The smallest absolute Gasteiger partial charge is 0.290 e. The summed E-state index contributed by atoms with van der Waals surface area (Å²) in [7, 11) is 0. The molecule has 1 N–H and O–H groups in total. The molecule has 4 aromatic rings. The molecule has 35 heavy (non-hydrogen) atoms. The van der Waals surface area contributed by atoms with E-state index in [1.54, 1.807) is 29.0 Å². The van der Waals surface area contributed by atoms with Crippen LogP contribution in [-0.4, -0.2) is 58.0 Å². The van der Waals surface area contributed by atoms with Crippen LogP contribution in [0.15, 0.2) is 58.8 Å². The van der Waals surface area contributed by atoms with Crippen LogP contribution < -0.4 is 10.9 Å². The molecule has 1 fully saturated rings. The summed E-state index contributed by atoms with van der Waals surface area (Å²) in [6.45, 7) is 5.01. The Kier molecular flexibility index (Phi) is 7.45. The lowest BCUT2D eigenvalue weighted by Crippen LogP contribution is -2.39. The van der Waals surface area contributed by atoms with Crippen molar-refractivity contribution in [1.82, 2.24) is 19.2 Å².